The van der Waals surface area contributed by atoms with Crippen LogP contribution in [0.2, 0.25) is 0 Å². The topological polar surface area (TPSA) is 81.1 Å². The lowest BCUT2D eigenvalue weighted by atomic mass is 10.1. The van der Waals surface area contributed by atoms with Gasteiger partial charge in [0.1, 0.15) is 0 Å². The number of aliphatic hydroxyl groups excluding tert-OH is 1. The summed E-state index contributed by atoms with van der Waals surface area (Å²) in [6.07, 6.45) is 2.68. The van der Waals surface area contributed by atoms with Gasteiger partial charge in [-0.05, 0) is 37.0 Å². The van der Waals surface area contributed by atoms with Gasteiger partial charge >= 0.3 is 12.0 Å². The molecule has 3 rings (SSSR count). The van der Waals surface area contributed by atoms with E-state index in [1.807, 2.05) is 0 Å². The SMILES string of the molecule is O=C(O)c1ccc2c(c1)N(C(=O)N(CCO)C1CC1)CC2. The first kappa shape index (κ1) is 13.9. The number of rotatable bonds is 4. The normalized spacial score (nSPS) is 16.7. The van der Waals surface area contributed by atoms with E-state index in [0.29, 0.717) is 18.8 Å². The van der Waals surface area contributed by atoms with Gasteiger partial charge in [0.15, 0.2) is 0 Å². The van der Waals surface area contributed by atoms with Gasteiger partial charge in [-0.3, -0.25) is 4.90 Å². The van der Waals surface area contributed by atoms with Crippen molar-refractivity contribution in [2.24, 2.45) is 0 Å². The molecule has 0 atom stereocenters. The molecule has 0 bridgehead atoms. The fourth-order valence-electron chi connectivity index (χ4n) is 2.79. The Morgan fingerprint density at radius 2 is 2.10 bits per heavy atom. The van der Waals surface area contributed by atoms with Crippen LogP contribution in [-0.2, 0) is 6.42 Å². The number of benzene rings is 1. The molecule has 1 aliphatic carbocycles. The molecule has 21 heavy (non-hydrogen) atoms. The van der Waals surface area contributed by atoms with Crippen molar-refractivity contribution in [2.75, 3.05) is 24.6 Å². The van der Waals surface area contributed by atoms with E-state index >= 15 is 0 Å². The molecule has 1 aromatic rings. The second kappa shape index (κ2) is 5.37. The van der Waals surface area contributed by atoms with Gasteiger partial charge in [-0.25, -0.2) is 9.59 Å². The standard InChI is InChI=1S/C15H18N2O4/c18-8-7-16(12-3-4-12)15(21)17-6-5-10-1-2-11(14(19)20)9-13(10)17/h1-2,9,12,18H,3-8H2,(H,19,20). The molecular weight excluding hydrogens is 272 g/mol. The van der Waals surface area contributed by atoms with Crippen LogP contribution in [0.4, 0.5) is 10.5 Å². The molecule has 2 aliphatic rings. The van der Waals surface area contributed by atoms with E-state index in [4.69, 9.17) is 10.2 Å². The largest absolute Gasteiger partial charge is 0.478 e. The fraction of sp³-hybridized carbons (Fsp3) is 0.467. The highest BCUT2D eigenvalue weighted by Crippen LogP contribution is 2.33. The first-order chi connectivity index (χ1) is 10.1. The summed E-state index contributed by atoms with van der Waals surface area (Å²) in [5, 5.41) is 18.2. The highest BCUT2D eigenvalue weighted by molar-refractivity contribution is 5.97. The van der Waals surface area contributed by atoms with Crippen molar-refractivity contribution in [2.45, 2.75) is 25.3 Å². The van der Waals surface area contributed by atoms with Crippen LogP contribution in [0.25, 0.3) is 0 Å². The molecule has 1 aliphatic heterocycles. The number of hydrogen-bond donors (Lipinski definition) is 2. The summed E-state index contributed by atoms with van der Waals surface area (Å²) in [6, 6.07) is 5.00. The van der Waals surface area contributed by atoms with Crippen molar-refractivity contribution >= 4 is 17.7 Å². The van der Waals surface area contributed by atoms with Crippen LogP contribution in [-0.4, -0.2) is 52.9 Å². The Balaban J connectivity index is 1.86. The van der Waals surface area contributed by atoms with Crippen molar-refractivity contribution < 1.29 is 19.8 Å². The average molecular weight is 290 g/mol. The van der Waals surface area contributed by atoms with Crippen molar-refractivity contribution in [1.29, 1.82) is 0 Å². The summed E-state index contributed by atoms with van der Waals surface area (Å²) in [6.45, 7) is 0.831. The summed E-state index contributed by atoms with van der Waals surface area (Å²) in [5.41, 5.74) is 1.87. The maximum atomic E-state index is 12.7. The number of fused-ring (bicyclic) bond motifs is 1. The monoisotopic (exact) mass is 290 g/mol. The zero-order chi connectivity index (χ0) is 15.0. The Kier molecular flexibility index (Phi) is 3.55. The lowest BCUT2D eigenvalue weighted by Gasteiger charge is -2.28. The third-order valence-electron chi connectivity index (χ3n) is 4.03. The molecule has 2 N–H and O–H groups in total. The first-order valence-corrected chi connectivity index (χ1v) is 7.17. The van der Waals surface area contributed by atoms with Gasteiger partial charge in [-0.15, -0.1) is 0 Å². The molecule has 112 valence electrons. The van der Waals surface area contributed by atoms with E-state index in [9.17, 15) is 9.59 Å². The predicted molar refractivity (Wildman–Crippen MR) is 76.7 cm³/mol. The quantitative estimate of drug-likeness (QED) is 0.876. The molecule has 1 heterocycles. The molecule has 2 amide bonds. The second-order valence-corrected chi connectivity index (χ2v) is 5.48. The van der Waals surface area contributed by atoms with E-state index < -0.39 is 5.97 Å². The van der Waals surface area contributed by atoms with Crippen LogP contribution in [0.3, 0.4) is 0 Å². The Labute approximate surface area is 122 Å². The molecule has 1 saturated carbocycles. The van der Waals surface area contributed by atoms with Gasteiger partial charge in [0.05, 0.1) is 12.2 Å². The number of anilines is 1. The number of aliphatic hydroxyl groups is 1. The number of hydrogen-bond acceptors (Lipinski definition) is 3. The van der Waals surface area contributed by atoms with Crippen molar-refractivity contribution in [3.8, 4) is 0 Å². The third kappa shape index (κ3) is 2.58. The summed E-state index contributed by atoms with van der Waals surface area (Å²) >= 11 is 0. The Morgan fingerprint density at radius 3 is 2.71 bits per heavy atom. The molecular formula is C15H18N2O4. The number of carbonyl (C=O) groups is 2. The number of carboxylic acids is 1. The van der Waals surface area contributed by atoms with E-state index in [2.05, 4.69) is 0 Å². The van der Waals surface area contributed by atoms with Crippen molar-refractivity contribution in [3.05, 3.63) is 29.3 Å². The van der Waals surface area contributed by atoms with Crippen molar-refractivity contribution in [3.63, 3.8) is 0 Å². The van der Waals surface area contributed by atoms with Crippen LogP contribution < -0.4 is 4.90 Å². The fourth-order valence-corrected chi connectivity index (χ4v) is 2.79. The van der Waals surface area contributed by atoms with E-state index in [-0.39, 0.29) is 24.2 Å². The van der Waals surface area contributed by atoms with Gasteiger partial charge in [0, 0.05) is 24.8 Å². The minimum absolute atomic E-state index is 0.0574. The summed E-state index contributed by atoms with van der Waals surface area (Å²) in [5.74, 6) is -0.994. The number of nitrogens with zero attached hydrogens (tertiary/aromatic N) is 2. The van der Waals surface area contributed by atoms with Gasteiger partial charge in [-0.2, -0.15) is 0 Å². The second-order valence-electron chi connectivity index (χ2n) is 5.48. The zero-order valence-electron chi connectivity index (χ0n) is 11.7. The highest BCUT2D eigenvalue weighted by Gasteiger charge is 2.36. The summed E-state index contributed by atoms with van der Waals surface area (Å²) < 4.78 is 0. The van der Waals surface area contributed by atoms with E-state index in [1.165, 1.54) is 0 Å². The summed E-state index contributed by atoms with van der Waals surface area (Å²) in [4.78, 5) is 27.1. The number of aromatic carboxylic acids is 1. The zero-order valence-corrected chi connectivity index (χ0v) is 11.7. The third-order valence-corrected chi connectivity index (χ3v) is 4.03. The first-order valence-electron chi connectivity index (χ1n) is 7.17. The predicted octanol–water partition coefficient (Wildman–Crippen LogP) is 1.32. The molecule has 0 spiro atoms. The molecule has 0 aromatic heterocycles. The smallest absolute Gasteiger partial charge is 0.335 e. The van der Waals surface area contributed by atoms with Gasteiger partial charge < -0.3 is 15.1 Å². The molecule has 1 aromatic carbocycles. The molecule has 6 nitrogen and oxygen atoms in total. The number of amides is 2. The van der Waals surface area contributed by atoms with E-state index in [0.717, 1.165) is 24.8 Å². The van der Waals surface area contributed by atoms with Crippen LogP contribution in [0.5, 0.6) is 0 Å². The van der Waals surface area contributed by atoms with Crippen LogP contribution in [0.15, 0.2) is 18.2 Å². The molecule has 1 fully saturated rings. The van der Waals surface area contributed by atoms with Crippen LogP contribution in [0.1, 0.15) is 28.8 Å². The number of urea groups is 1. The lowest BCUT2D eigenvalue weighted by molar-refractivity contribution is 0.0697. The molecule has 0 saturated heterocycles. The average Bonchev–Trinajstić information content (AvgIpc) is 3.22. The minimum Gasteiger partial charge on any atom is -0.478 e. The van der Waals surface area contributed by atoms with Crippen molar-refractivity contribution in [1.82, 2.24) is 4.90 Å². The molecule has 0 unspecified atom stereocenters. The molecule has 0 radical (unpaired) electrons. The summed E-state index contributed by atoms with van der Waals surface area (Å²) in [7, 11) is 0. The lowest BCUT2D eigenvalue weighted by Crippen LogP contribution is -2.45. The number of carboxylic acid groups (broad SMARTS) is 1. The highest BCUT2D eigenvalue weighted by atomic mass is 16.4. The molecule has 6 heteroatoms. The van der Waals surface area contributed by atoms with Gasteiger partial charge in [-0.1, -0.05) is 6.07 Å². The maximum Gasteiger partial charge on any atom is 0.335 e. The number of carbonyl (C=O) groups excluding carboxylic acids is 1. The van der Waals surface area contributed by atoms with Gasteiger partial charge in [0.2, 0.25) is 0 Å². The Bertz CT molecular complexity index is 583. The maximum absolute atomic E-state index is 12.7. The Morgan fingerprint density at radius 1 is 1.33 bits per heavy atom. The Hall–Kier alpha value is -2.08. The van der Waals surface area contributed by atoms with Crippen LogP contribution in [0, 0.1) is 0 Å². The van der Waals surface area contributed by atoms with Gasteiger partial charge in [0.25, 0.3) is 0 Å². The minimum atomic E-state index is -0.994. The van der Waals surface area contributed by atoms with E-state index in [1.54, 1.807) is 28.0 Å². The van der Waals surface area contributed by atoms with Crippen LogP contribution >= 0.6 is 0 Å².